The Kier molecular flexibility index (Phi) is 6.70. The van der Waals surface area contributed by atoms with Gasteiger partial charge in [-0.15, -0.1) is 11.3 Å². The highest BCUT2D eigenvalue weighted by Gasteiger charge is 2.51. The number of benzene rings is 1. The molecular weight excluding hydrogens is 475 g/mol. The van der Waals surface area contributed by atoms with E-state index in [4.69, 9.17) is 14.0 Å². The van der Waals surface area contributed by atoms with Crippen molar-refractivity contribution in [3.63, 3.8) is 0 Å². The summed E-state index contributed by atoms with van der Waals surface area (Å²) >= 11 is 1.43. The molecule has 0 bridgehead atoms. The van der Waals surface area contributed by atoms with Crippen molar-refractivity contribution in [1.82, 2.24) is 5.32 Å². The van der Waals surface area contributed by atoms with Crippen molar-refractivity contribution < 1.29 is 23.6 Å². The predicted molar refractivity (Wildman–Crippen MR) is 144 cm³/mol. The largest absolute Gasteiger partial charge is 0.494 e. The Balaban J connectivity index is 1.61. The van der Waals surface area contributed by atoms with Gasteiger partial charge in [-0.25, -0.2) is 4.79 Å². The zero-order valence-electron chi connectivity index (χ0n) is 22.8. The van der Waals surface area contributed by atoms with Crippen LogP contribution in [0.1, 0.15) is 93.5 Å². The molecule has 2 aliphatic heterocycles. The lowest BCUT2D eigenvalue weighted by molar-refractivity contribution is 0.00578. The van der Waals surface area contributed by atoms with Gasteiger partial charge in [-0.2, -0.15) is 0 Å². The van der Waals surface area contributed by atoms with Crippen LogP contribution in [-0.2, 0) is 26.0 Å². The first-order chi connectivity index (χ1) is 16.6. The van der Waals surface area contributed by atoms with Gasteiger partial charge in [0.05, 0.1) is 23.4 Å². The maximum Gasteiger partial charge on any atom is 0.494 e. The minimum absolute atomic E-state index is 0.205. The molecule has 0 unspecified atom stereocenters. The van der Waals surface area contributed by atoms with Crippen molar-refractivity contribution in [1.29, 1.82) is 0 Å². The summed E-state index contributed by atoms with van der Waals surface area (Å²) in [6.07, 6.45) is 0.662. The lowest BCUT2D eigenvalue weighted by Crippen LogP contribution is -2.55. The van der Waals surface area contributed by atoms with Gasteiger partial charge in [0.25, 0.3) is 5.91 Å². The quantitative estimate of drug-likeness (QED) is 0.449. The zero-order valence-corrected chi connectivity index (χ0v) is 23.6. The van der Waals surface area contributed by atoms with E-state index in [1.165, 1.54) is 11.3 Å². The van der Waals surface area contributed by atoms with E-state index in [0.717, 1.165) is 15.9 Å². The Morgan fingerprint density at radius 2 is 1.61 bits per heavy atom. The molecule has 9 heteroatoms. The van der Waals surface area contributed by atoms with Gasteiger partial charge in [0.1, 0.15) is 5.00 Å². The Bertz CT molecular complexity index is 1170. The molecule has 7 nitrogen and oxygen atoms in total. The molecule has 1 aromatic carbocycles. The van der Waals surface area contributed by atoms with E-state index in [1.807, 2.05) is 39.8 Å². The second-order valence-electron chi connectivity index (χ2n) is 11.8. The van der Waals surface area contributed by atoms with Crippen LogP contribution in [0.5, 0.6) is 0 Å². The highest BCUT2D eigenvalue weighted by molar-refractivity contribution is 7.17. The number of nitrogens with one attached hydrogen (secondary N) is 2. The molecule has 2 aliphatic rings. The number of anilines is 1. The monoisotopic (exact) mass is 512 g/mol. The topological polar surface area (TPSA) is 85.9 Å². The molecule has 1 saturated heterocycles. The number of carbonyl (C=O) groups excluding carboxylic acids is 2. The van der Waals surface area contributed by atoms with Crippen LogP contribution in [0.2, 0.25) is 0 Å². The van der Waals surface area contributed by atoms with Crippen LogP contribution in [-0.4, -0.2) is 42.3 Å². The first-order valence-electron chi connectivity index (χ1n) is 12.5. The molecule has 3 heterocycles. The maximum absolute atomic E-state index is 13.3. The van der Waals surface area contributed by atoms with Crippen LogP contribution in [0.15, 0.2) is 24.3 Å². The number of hydrogen-bond acceptors (Lipinski definition) is 7. The van der Waals surface area contributed by atoms with E-state index in [-0.39, 0.29) is 23.6 Å². The molecule has 1 amide bonds. The molecule has 1 fully saturated rings. The zero-order chi connectivity index (χ0) is 26.7. The van der Waals surface area contributed by atoms with E-state index in [1.54, 1.807) is 19.1 Å². The number of hydrogen-bond donors (Lipinski definition) is 2. The highest BCUT2D eigenvalue weighted by atomic mass is 32.1. The molecule has 0 saturated carbocycles. The number of rotatable bonds is 5. The molecular formula is C27H37BN2O5S. The third kappa shape index (κ3) is 4.86. The Hall–Kier alpha value is -2.20. The molecule has 0 atom stereocenters. The number of esters is 1. The van der Waals surface area contributed by atoms with E-state index in [2.05, 4.69) is 38.3 Å². The summed E-state index contributed by atoms with van der Waals surface area (Å²) in [5.74, 6) is -0.695. The van der Waals surface area contributed by atoms with Crippen molar-refractivity contribution >= 4 is 40.8 Å². The lowest BCUT2D eigenvalue weighted by Gasteiger charge is -2.42. The molecule has 0 aliphatic carbocycles. The summed E-state index contributed by atoms with van der Waals surface area (Å²) in [6.45, 7) is 18.5. The fourth-order valence-electron chi connectivity index (χ4n) is 4.98. The van der Waals surface area contributed by atoms with Gasteiger partial charge < -0.3 is 24.7 Å². The van der Waals surface area contributed by atoms with Crippen LogP contribution in [0.4, 0.5) is 5.00 Å². The number of fused-ring (bicyclic) bond motifs is 1. The molecule has 194 valence electrons. The smallest absolute Gasteiger partial charge is 0.462 e. The van der Waals surface area contributed by atoms with Crippen molar-refractivity contribution in [3.05, 3.63) is 45.8 Å². The Labute approximate surface area is 218 Å². The van der Waals surface area contributed by atoms with E-state index in [0.29, 0.717) is 22.5 Å². The molecule has 2 N–H and O–H groups in total. The number of amides is 1. The summed E-state index contributed by atoms with van der Waals surface area (Å²) in [6, 6.07) is 7.19. The average Bonchev–Trinajstić information content (AvgIpc) is 3.20. The summed E-state index contributed by atoms with van der Waals surface area (Å²) in [5.41, 5.74) is 1.30. The second-order valence-corrected chi connectivity index (χ2v) is 12.8. The van der Waals surface area contributed by atoms with Crippen molar-refractivity contribution in [2.24, 2.45) is 0 Å². The first kappa shape index (κ1) is 26.9. The van der Waals surface area contributed by atoms with Crippen molar-refractivity contribution in [2.45, 2.75) is 91.0 Å². The average molecular weight is 512 g/mol. The summed E-state index contributed by atoms with van der Waals surface area (Å²) in [4.78, 5) is 27.3. The normalized spacial score (nSPS) is 21.1. The maximum atomic E-state index is 13.3. The van der Waals surface area contributed by atoms with Crippen LogP contribution in [0.3, 0.4) is 0 Å². The van der Waals surface area contributed by atoms with E-state index in [9.17, 15) is 9.59 Å². The summed E-state index contributed by atoms with van der Waals surface area (Å²) in [5, 5.41) is 7.16. The molecule has 2 aromatic rings. The van der Waals surface area contributed by atoms with Gasteiger partial charge >= 0.3 is 13.1 Å². The van der Waals surface area contributed by atoms with Crippen LogP contribution < -0.4 is 16.1 Å². The third-order valence-electron chi connectivity index (χ3n) is 7.25. The first-order valence-corrected chi connectivity index (χ1v) is 13.3. The van der Waals surface area contributed by atoms with Crippen molar-refractivity contribution in [3.8, 4) is 0 Å². The van der Waals surface area contributed by atoms with Gasteiger partial charge in [0.2, 0.25) is 0 Å². The van der Waals surface area contributed by atoms with Crippen LogP contribution in [0, 0.1) is 0 Å². The second kappa shape index (κ2) is 8.98. The minimum atomic E-state index is -0.496. The SMILES string of the molecule is CCOC(=O)c1c(NC(=O)c2ccc(B3OC(C)(C)C(C)(C)O3)cc2)sc2c1CC(C)(C)NC2(C)C. The number of carbonyl (C=O) groups is 2. The predicted octanol–water partition coefficient (Wildman–Crippen LogP) is 4.64. The summed E-state index contributed by atoms with van der Waals surface area (Å²) in [7, 11) is -0.496. The van der Waals surface area contributed by atoms with Crippen molar-refractivity contribution in [2.75, 3.05) is 11.9 Å². The highest BCUT2D eigenvalue weighted by Crippen LogP contribution is 2.45. The fourth-order valence-corrected chi connectivity index (χ4v) is 6.24. The molecule has 0 radical (unpaired) electrons. The molecule has 36 heavy (non-hydrogen) atoms. The van der Waals surface area contributed by atoms with E-state index >= 15 is 0 Å². The van der Waals surface area contributed by atoms with Gasteiger partial charge in [-0.3, -0.25) is 4.79 Å². The van der Waals surface area contributed by atoms with E-state index < -0.39 is 24.3 Å². The fraction of sp³-hybridized carbons (Fsp3) is 0.556. The molecule has 1 aromatic heterocycles. The Morgan fingerprint density at radius 1 is 1.03 bits per heavy atom. The van der Waals surface area contributed by atoms with Gasteiger partial charge in [-0.05, 0) is 91.9 Å². The summed E-state index contributed by atoms with van der Waals surface area (Å²) < 4.78 is 17.6. The van der Waals surface area contributed by atoms with Gasteiger partial charge in [0.15, 0.2) is 0 Å². The minimum Gasteiger partial charge on any atom is -0.462 e. The van der Waals surface area contributed by atoms with Crippen LogP contribution in [0.25, 0.3) is 0 Å². The van der Waals surface area contributed by atoms with Crippen LogP contribution >= 0.6 is 11.3 Å². The Morgan fingerprint density at radius 3 is 2.17 bits per heavy atom. The van der Waals surface area contributed by atoms with Gasteiger partial charge in [0, 0.05) is 21.5 Å². The number of ether oxygens (including phenoxy) is 1. The molecule has 0 spiro atoms. The molecule has 4 rings (SSSR count). The lowest BCUT2D eigenvalue weighted by atomic mass is 9.79. The third-order valence-corrected chi connectivity index (χ3v) is 8.72. The van der Waals surface area contributed by atoms with Gasteiger partial charge in [-0.1, -0.05) is 12.1 Å². The standard InChI is InChI=1S/C27H37BN2O5S/c1-10-33-23(32)19-18-15-24(2,3)30-25(4,5)20(18)36-22(19)29-21(31)16-11-13-17(14-12-16)28-34-26(6,7)27(8,9)35-28/h11-14,30H,10,15H2,1-9H3,(H,29,31). The number of thiophene rings is 1.